The lowest BCUT2D eigenvalue weighted by atomic mass is 9.99. The predicted molar refractivity (Wildman–Crippen MR) is 119 cm³/mol. The van der Waals surface area contributed by atoms with Gasteiger partial charge >= 0.3 is 11.9 Å². The summed E-state index contributed by atoms with van der Waals surface area (Å²) in [6.45, 7) is 3.72. The van der Waals surface area contributed by atoms with Crippen LogP contribution >= 0.6 is 0 Å². The second-order valence-electron chi connectivity index (χ2n) is 8.06. The molecule has 2 unspecified atom stereocenters. The van der Waals surface area contributed by atoms with Crippen LogP contribution in [-0.4, -0.2) is 44.2 Å². The molecule has 9 heteroatoms. The number of aromatic nitrogens is 1. The lowest BCUT2D eigenvalue weighted by Gasteiger charge is -2.21. The Hall–Kier alpha value is -3.72. The Kier molecular flexibility index (Phi) is 6.89. The highest BCUT2D eigenvalue weighted by Gasteiger charge is 2.29. The topological polar surface area (TPSA) is 135 Å². The standard InChI is InChI=1S/C23H25N3O6/c1-14(2)11-20(23(29)30)24-12-19(22(27)28)21-18-6-4-3-5-15(18)13-25(21)16-7-9-17(10-8-16)26(31)32/h3-10,13-14,19-20,24H,11-12H2,1-2H3,(H,27,28)(H,29,30). The molecule has 0 aliphatic carbocycles. The van der Waals surface area contributed by atoms with Crippen LogP contribution in [0.25, 0.3) is 16.5 Å². The van der Waals surface area contributed by atoms with E-state index in [0.717, 1.165) is 10.8 Å². The smallest absolute Gasteiger partial charge is 0.320 e. The van der Waals surface area contributed by atoms with Gasteiger partial charge in [-0.15, -0.1) is 0 Å². The number of benzene rings is 2. The molecule has 3 rings (SSSR count). The number of nitrogens with zero attached hydrogens (tertiary/aromatic N) is 2. The largest absolute Gasteiger partial charge is 0.481 e. The fourth-order valence-corrected chi connectivity index (χ4v) is 3.79. The molecule has 2 aromatic carbocycles. The fourth-order valence-electron chi connectivity index (χ4n) is 3.79. The minimum atomic E-state index is -1.10. The average Bonchev–Trinajstić information content (AvgIpc) is 3.12. The van der Waals surface area contributed by atoms with Gasteiger partial charge in [-0.05, 0) is 24.5 Å². The van der Waals surface area contributed by atoms with E-state index in [4.69, 9.17) is 0 Å². The van der Waals surface area contributed by atoms with Crippen molar-refractivity contribution in [2.24, 2.45) is 5.92 Å². The van der Waals surface area contributed by atoms with E-state index < -0.39 is 28.8 Å². The monoisotopic (exact) mass is 439 g/mol. The summed E-state index contributed by atoms with van der Waals surface area (Å²) in [5.41, 5.74) is 0.981. The highest BCUT2D eigenvalue weighted by Crippen LogP contribution is 2.31. The molecule has 0 saturated heterocycles. The Morgan fingerprint density at radius 2 is 1.72 bits per heavy atom. The number of carboxylic acids is 2. The molecule has 0 radical (unpaired) electrons. The van der Waals surface area contributed by atoms with Crippen molar-refractivity contribution in [3.63, 3.8) is 0 Å². The van der Waals surface area contributed by atoms with Gasteiger partial charge in [0.25, 0.3) is 5.69 Å². The number of non-ortho nitro benzene ring substituents is 1. The molecule has 0 aliphatic rings. The Morgan fingerprint density at radius 1 is 1.06 bits per heavy atom. The lowest BCUT2D eigenvalue weighted by Crippen LogP contribution is -2.41. The number of aliphatic carboxylic acids is 2. The lowest BCUT2D eigenvalue weighted by molar-refractivity contribution is -0.384. The summed E-state index contributed by atoms with van der Waals surface area (Å²) in [6.07, 6.45) is 2.15. The summed E-state index contributed by atoms with van der Waals surface area (Å²) in [7, 11) is 0. The van der Waals surface area contributed by atoms with E-state index in [1.807, 2.05) is 32.0 Å². The van der Waals surface area contributed by atoms with E-state index in [1.54, 1.807) is 29.0 Å². The Balaban J connectivity index is 2.05. The van der Waals surface area contributed by atoms with Crippen molar-refractivity contribution in [3.05, 3.63) is 70.5 Å². The van der Waals surface area contributed by atoms with Gasteiger partial charge in [-0.25, -0.2) is 0 Å². The quantitative estimate of drug-likeness (QED) is 0.323. The van der Waals surface area contributed by atoms with Gasteiger partial charge in [0.1, 0.15) is 12.0 Å². The van der Waals surface area contributed by atoms with Crippen LogP contribution in [0.1, 0.15) is 31.9 Å². The number of hydrogen-bond donors (Lipinski definition) is 3. The van der Waals surface area contributed by atoms with Crippen LogP contribution < -0.4 is 5.32 Å². The fraction of sp³-hybridized carbons (Fsp3) is 0.304. The molecule has 0 spiro atoms. The maximum absolute atomic E-state index is 12.3. The first-order chi connectivity index (χ1) is 15.2. The van der Waals surface area contributed by atoms with Crippen LogP contribution in [0, 0.1) is 16.0 Å². The first-order valence-electron chi connectivity index (χ1n) is 10.2. The molecule has 0 bridgehead atoms. The number of carbonyl (C=O) groups is 2. The summed E-state index contributed by atoms with van der Waals surface area (Å²) >= 11 is 0. The molecular weight excluding hydrogens is 414 g/mol. The van der Waals surface area contributed by atoms with Gasteiger partial charge in [0.15, 0.2) is 0 Å². The van der Waals surface area contributed by atoms with Crippen LogP contribution in [-0.2, 0) is 9.59 Å². The average molecular weight is 439 g/mol. The number of nitro groups is 1. The highest BCUT2D eigenvalue weighted by atomic mass is 16.6. The number of rotatable bonds is 10. The SMILES string of the molecule is CC(C)CC(NCC(C(=O)O)c1c2ccccc2cn1-c1ccc([N+](=O)[O-])cc1)C(=O)O. The van der Waals surface area contributed by atoms with E-state index in [-0.39, 0.29) is 18.2 Å². The summed E-state index contributed by atoms with van der Waals surface area (Å²) in [5.74, 6) is -3.05. The molecule has 0 amide bonds. The van der Waals surface area contributed by atoms with Crippen molar-refractivity contribution in [2.75, 3.05) is 6.54 Å². The molecule has 1 aromatic heterocycles. The first-order valence-corrected chi connectivity index (χ1v) is 10.2. The highest BCUT2D eigenvalue weighted by molar-refractivity contribution is 5.91. The number of nitro benzene ring substituents is 1. The van der Waals surface area contributed by atoms with Gasteiger partial charge in [-0.2, -0.15) is 0 Å². The zero-order chi connectivity index (χ0) is 23.4. The normalized spacial score (nSPS) is 13.2. The third kappa shape index (κ3) is 4.94. The Morgan fingerprint density at radius 3 is 2.28 bits per heavy atom. The molecular formula is C23H25N3O6. The maximum Gasteiger partial charge on any atom is 0.320 e. The van der Waals surface area contributed by atoms with E-state index in [2.05, 4.69) is 5.32 Å². The number of carboxylic acid groups (broad SMARTS) is 2. The first kappa shape index (κ1) is 23.0. The van der Waals surface area contributed by atoms with E-state index in [9.17, 15) is 29.9 Å². The van der Waals surface area contributed by atoms with Crippen LogP contribution in [0.5, 0.6) is 0 Å². The predicted octanol–water partition coefficient (Wildman–Crippen LogP) is 3.80. The second-order valence-corrected chi connectivity index (χ2v) is 8.06. The number of nitrogens with one attached hydrogen (secondary N) is 1. The summed E-state index contributed by atoms with van der Waals surface area (Å²) in [4.78, 5) is 34.4. The van der Waals surface area contributed by atoms with Crippen molar-refractivity contribution in [3.8, 4) is 5.69 Å². The maximum atomic E-state index is 12.3. The van der Waals surface area contributed by atoms with Crippen molar-refractivity contribution in [1.82, 2.24) is 9.88 Å². The van der Waals surface area contributed by atoms with Gasteiger partial charge < -0.3 is 20.1 Å². The van der Waals surface area contributed by atoms with Gasteiger partial charge in [-0.3, -0.25) is 19.7 Å². The molecule has 1 heterocycles. The van der Waals surface area contributed by atoms with E-state index >= 15 is 0 Å². The zero-order valence-electron chi connectivity index (χ0n) is 17.8. The summed E-state index contributed by atoms with van der Waals surface area (Å²) in [6, 6.07) is 12.3. The van der Waals surface area contributed by atoms with Crippen molar-refractivity contribution >= 4 is 28.4 Å². The van der Waals surface area contributed by atoms with Gasteiger partial charge in [0.05, 0.1) is 4.92 Å². The molecule has 32 heavy (non-hydrogen) atoms. The molecule has 0 fully saturated rings. The molecule has 9 nitrogen and oxygen atoms in total. The van der Waals surface area contributed by atoms with Crippen molar-refractivity contribution in [1.29, 1.82) is 0 Å². The molecule has 2 atom stereocenters. The molecule has 168 valence electrons. The summed E-state index contributed by atoms with van der Waals surface area (Å²) < 4.78 is 1.70. The van der Waals surface area contributed by atoms with Crippen LogP contribution in [0.2, 0.25) is 0 Å². The minimum absolute atomic E-state index is 0.0681. The van der Waals surface area contributed by atoms with E-state index in [1.165, 1.54) is 12.1 Å². The Labute approximate surface area is 184 Å². The second kappa shape index (κ2) is 9.61. The van der Waals surface area contributed by atoms with Gasteiger partial charge in [-0.1, -0.05) is 38.1 Å². The summed E-state index contributed by atoms with van der Waals surface area (Å²) in [5, 5.41) is 35.0. The molecule has 0 aliphatic heterocycles. The van der Waals surface area contributed by atoms with Crippen molar-refractivity contribution in [2.45, 2.75) is 32.2 Å². The van der Waals surface area contributed by atoms with E-state index in [0.29, 0.717) is 17.8 Å². The Bertz CT molecular complexity index is 1140. The van der Waals surface area contributed by atoms with Gasteiger partial charge in [0.2, 0.25) is 0 Å². The molecule has 3 aromatic rings. The zero-order valence-corrected chi connectivity index (χ0v) is 17.8. The van der Waals surface area contributed by atoms with Crippen LogP contribution in [0.3, 0.4) is 0 Å². The number of fused-ring (bicyclic) bond motifs is 1. The minimum Gasteiger partial charge on any atom is -0.481 e. The van der Waals surface area contributed by atoms with Crippen LogP contribution in [0.15, 0.2) is 54.7 Å². The number of hydrogen-bond acceptors (Lipinski definition) is 5. The van der Waals surface area contributed by atoms with Crippen LogP contribution in [0.4, 0.5) is 5.69 Å². The third-order valence-electron chi connectivity index (χ3n) is 5.30. The van der Waals surface area contributed by atoms with Gasteiger partial charge in [0, 0.05) is 47.0 Å². The molecule has 3 N–H and O–H groups in total. The van der Waals surface area contributed by atoms with Crippen molar-refractivity contribution < 1.29 is 24.7 Å². The molecule has 0 saturated carbocycles. The third-order valence-corrected chi connectivity index (χ3v) is 5.30.